The van der Waals surface area contributed by atoms with Crippen LogP contribution in [0.2, 0.25) is 0 Å². The molecular formula is C10H17N3OS. The molecule has 5 heteroatoms. The van der Waals surface area contributed by atoms with Gasteiger partial charge >= 0.3 is 0 Å². The summed E-state index contributed by atoms with van der Waals surface area (Å²) in [4.78, 5) is 15.7. The van der Waals surface area contributed by atoms with Crippen LogP contribution in [0.25, 0.3) is 0 Å². The Hall–Kier alpha value is -0.940. The lowest BCUT2D eigenvalue weighted by molar-refractivity contribution is -0.115. The normalized spacial score (nSPS) is 10.7. The standard InChI is InChI=1S/C10H17N3OS/c1-4-11-5-9(14)13-10-12-8(6-15-10)7(2)3/h6-7,11H,4-5H2,1-3H3,(H,12,13,14). The summed E-state index contributed by atoms with van der Waals surface area (Å²) < 4.78 is 0. The van der Waals surface area contributed by atoms with E-state index in [-0.39, 0.29) is 5.91 Å². The molecule has 84 valence electrons. The first-order valence-electron chi connectivity index (χ1n) is 5.09. The Balaban J connectivity index is 2.46. The van der Waals surface area contributed by atoms with E-state index in [0.29, 0.717) is 17.6 Å². The van der Waals surface area contributed by atoms with Gasteiger partial charge in [-0.3, -0.25) is 4.79 Å². The second-order valence-electron chi connectivity index (χ2n) is 3.56. The average Bonchev–Trinajstić information content (AvgIpc) is 2.63. The van der Waals surface area contributed by atoms with E-state index < -0.39 is 0 Å². The number of nitrogens with one attached hydrogen (secondary N) is 2. The molecule has 0 saturated heterocycles. The van der Waals surface area contributed by atoms with Crippen molar-refractivity contribution in [2.75, 3.05) is 18.4 Å². The number of aromatic nitrogens is 1. The summed E-state index contributed by atoms with van der Waals surface area (Å²) in [5.74, 6) is 0.363. The Kier molecular flexibility index (Phi) is 4.71. The van der Waals surface area contributed by atoms with Crippen LogP contribution in [0.5, 0.6) is 0 Å². The molecule has 0 bridgehead atoms. The summed E-state index contributed by atoms with van der Waals surface area (Å²) in [5.41, 5.74) is 1.03. The number of hydrogen-bond acceptors (Lipinski definition) is 4. The Morgan fingerprint density at radius 1 is 1.60 bits per heavy atom. The Morgan fingerprint density at radius 2 is 2.33 bits per heavy atom. The van der Waals surface area contributed by atoms with Gasteiger partial charge < -0.3 is 10.6 Å². The predicted molar refractivity (Wildman–Crippen MR) is 63.4 cm³/mol. The number of thiazole rings is 1. The number of amides is 1. The molecule has 1 aromatic heterocycles. The zero-order valence-corrected chi connectivity index (χ0v) is 10.1. The maximum atomic E-state index is 11.3. The SMILES string of the molecule is CCNCC(=O)Nc1nc(C(C)C)cs1. The van der Waals surface area contributed by atoms with Gasteiger partial charge in [0.05, 0.1) is 12.2 Å². The van der Waals surface area contributed by atoms with Crippen LogP contribution in [0.3, 0.4) is 0 Å². The molecule has 0 aromatic carbocycles. The fraction of sp³-hybridized carbons (Fsp3) is 0.600. The van der Waals surface area contributed by atoms with Gasteiger partial charge in [0.1, 0.15) is 0 Å². The highest BCUT2D eigenvalue weighted by Crippen LogP contribution is 2.21. The molecule has 1 rings (SSSR count). The second-order valence-corrected chi connectivity index (χ2v) is 4.42. The van der Waals surface area contributed by atoms with Crippen LogP contribution in [-0.2, 0) is 4.79 Å². The fourth-order valence-corrected chi connectivity index (χ4v) is 1.90. The van der Waals surface area contributed by atoms with Gasteiger partial charge in [-0.15, -0.1) is 11.3 Å². The van der Waals surface area contributed by atoms with Gasteiger partial charge in [-0.05, 0) is 12.5 Å². The summed E-state index contributed by atoms with van der Waals surface area (Å²) in [5, 5.41) is 8.38. The lowest BCUT2D eigenvalue weighted by Gasteiger charge is -2.01. The smallest absolute Gasteiger partial charge is 0.240 e. The van der Waals surface area contributed by atoms with Crippen molar-refractivity contribution in [1.82, 2.24) is 10.3 Å². The summed E-state index contributed by atoms with van der Waals surface area (Å²) in [6.07, 6.45) is 0. The summed E-state index contributed by atoms with van der Waals surface area (Å²) in [6.45, 7) is 7.27. The van der Waals surface area contributed by atoms with Gasteiger partial charge in [-0.2, -0.15) is 0 Å². The minimum atomic E-state index is -0.0403. The van der Waals surface area contributed by atoms with Crippen molar-refractivity contribution < 1.29 is 4.79 Å². The zero-order chi connectivity index (χ0) is 11.3. The molecule has 1 amide bonds. The topological polar surface area (TPSA) is 54.0 Å². The van der Waals surface area contributed by atoms with Crippen LogP contribution < -0.4 is 10.6 Å². The monoisotopic (exact) mass is 227 g/mol. The molecule has 0 unspecified atom stereocenters. The van der Waals surface area contributed by atoms with Gasteiger partial charge in [0.25, 0.3) is 0 Å². The molecule has 0 radical (unpaired) electrons. The summed E-state index contributed by atoms with van der Waals surface area (Å²) >= 11 is 1.47. The van der Waals surface area contributed by atoms with E-state index in [9.17, 15) is 4.79 Å². The second kappa shape index (κ2) is 5.82. The lowest BCUT2D eigenvalue weighted by atomic mass is 10.2. The lowest BCUT2D eigenvalue weighted by Crippen LogP contribution is -2.27. The summed E-state index contributed by atoms with van der Waals surface area (Å²) in [7, 11) is 0. The van der Waals surface area contributed by atoms with Crippen molar-refractivity contribution in [2.45, 2.75) is 26.7 Å². The quantitative estimate of drug-likeness (QED) is 0.806. The summed E-state index contributed by atoms with van der Waals surface area (Å²) in [6, 6.07) is 0. The van der Waals surface area contributed by atoms with Gasteiger partial charge in [0.2, 0.25) is 5.91 Å². The maximum absolute atomic E-state index is 11.3. The minimum Gasteiger partial charge on any atom is -0.309 e. The maximum Gasteiger partial charge on any atom is 0.240 e. The molecule has 0 aliphatic rings. The highest BCUT2D eigenvalue weighted by Gasteiger charge is 2.07. The molecule has 1 heterocycles. The molecule has 0 aliphatic carbocycles. The first kappa shape index (κ1) is 12.1. The molecule has 2 N–H and O–H groups in total. The van der Waals surface area contributed by atoms with Crippen molar-refractivity contribution in [3.8, 4) is 0 Å². The van der Waals surface area contributed by atoms with Crippen LogP contribution >= 0.6 is 11.3 Å². The van der Waals surface area contributed by atoms with Crippen molar-refractivity contribution in [3.05, 3.63) is 11.1 Å². The Morgan fingerprint density at radius 3 is 2.87 bits per heavy atom. The van der Waals surface area contributed by atoms with Crippen LogP contribution in [0.4, 0.5) is 5.13 Å². The van der Waals surface area contributed by atoms with Crippen molar-refractivity contribution in [2.24, 2.45) is 0 Å². The van der Waals surface area contributed by atoms with E-state index >= 15 is 0 Å². The molecular weight excluding hydrogens is 210 g/mol. The van der Waals surface area contributed by atoms with E-state index in [1.165, 1.54) is 11.3 Å². The number of hydrogen-bond donors (Lipinski definition) is 2. The number of likely N-dealkylation sites (N-methyl/N-ethyl adjacent to an activating group) is 1. The third-order valence-corrected chi connectivity index (χ3v) is 2.67. The zero-order valence-electron chi connectivity index (χ0n) is 9.33. The molecule has 0 atom stereocenters. The minimum absolute atomic E-state index is 0.0403. The number of carbonyl (C=O) groups is 1. The average molecular weight is 227 g/mol. The van der Waals surface area contributed by atoms with E-state index in [1.54, 1.807) is 0 Å². The van der Waals surface area contributed by atoms with Crippen LogP contribution in [0, 0.1) is 0 Å². The largest absolute Gasteiger partial charge is 0.309 e. The fourth-order valence-electron chi connectivity index (χ4n) is 1.01. The van der Waals surface area contributed by atoms with Crippen LogP contribution in [-0.4, -0.2) is 24.0 Å². The third-order valence-electron chi connectivity index (χ3n) is 1.90. The van der Waals surface area contributed by atoms with Gasteiger partial charge in [0, 0.05) is 5.38 Å². The predicted octanol–water partition coefficient (Wildman–Crippen LogP) is 1.81. The van der Waals surface area contributed by atoms with Crippen molar-refractivity contribution in [3.63, 3.8) is 0 Å². The van der Waals surface area contributed by atoms with Gasteiger partial charge in [-0.25, -0.2) is 4.98 Å². The van der Waals surface area contributed by atoms with E-state index in [4.69, 9.17) is 0 Å². The van der Waals surface area contributed by atoms with Crippen molar-refractivity contribution in [1.29, 1.82) is 0 Å². The molecule has 0 aliphatic heterocycles. The Labute approximate surface area is 94.1 Å². The molecule has 15 heavy (non-hydrogen) atoms. The van der Waals surface area contributed by atoms with E-state index in [1.807, 2.05) is 12.3 Å². The highest BCUT2D eigenvalue weighted by molar-refractivity contribution is 7.13. The Bertz CT molecular complexity index is 322. The number of rotatable bonds is 5. The molecule has 4 nitrogen and oxygen atoms in total. The van der Waals surface area contributed by atoms with E-state index in [0.717, 1.165) is 12.2 Å². The van der Waals surface area contributed by atoms with E-state index in [2.05, 4.69) is 29.5 Å². The third kappa shape index (κ3) is 3.97. The number of anilines is 1. The first-order chi connectivity index (χ1) is 7.13. The van der Waals surface area contributed by atoms with Gasteiger partial charge in [0.15, 0.2) is 5.13 Å². The van der Waals surface area contributed by atoms with Crippen molar-refractivity contribution >= 4 is 22.4 Å². The van der Waals surface area contributed by atoms with Gasteiger partial charge in [-0.1, -0.05) is 20.8 Å². The number of carbonyl (C=O) groups excluding carboxylic acids is 1. The molecule has 0 saturated carbocycles. The number of nitrogens with zero attached hydrogens (tertiary/aromatic N) is 1. The van der Waals surface area contributed by atoms with Crippen LogP contribution in [0.1, 0.15) is 32.4 Å². The first-order valence-corrected chi connectivity index (χ1v) is 5.97. The molecule has 0 fully saturated rings. The highest BCUT2D eigenvalue weighted by atomic mass is 32.1. The molecule has 0 spiro atoms. The van der Waals surface area contributed by atoms with Crippen LogP contribution in [0.15, 0.2) is 5.38 Å². The molecule has 1 aromatic rings.